The van der Waals surface area contributed by atoms with Crippen molar-refractivity contribution < 1.29 is 15.4 Å². The van der Waals surface area contributed by atoms with Crippen LogP contribution in [0.25, 0.3) is 0 Å². The van der Waals surface area contributed by atoms with E-state index in [0.717, 1.165) is 11.1 Å². The Hall–Kier alpha value is -1.91. The zero-order chi connectivity index (χ0) is 11.0. The molecule has 2 rings (SSSR count). The van der Waals surface area contributed by atoms with Gasteiger partial charge in [0.05, 0.1) is 0 Å². The van der Waals surface area contributed by atoms with Gasteiger partial charge in [-0.15, -0.1) is 0 Å². The number of phenolic OH excluding ortho intramolecular Hbond substituents is 2. The number of phenols is 2. The monoisotopic (exact) mass is 208 g/mol. The summed E-state index contributed by atoms with van der Waals surface area (Å²) in [7, 11) is 0. The maximum absolute atomic E-state index is 9.30. The number of aromatic hydroxyl groups is 2. The van der Waals surface area contributed by atoms with E-state index in [2.05, 4.69) is 5.16 Å². The average Bonchev–Trinajstić information content (AvgIpc) is 2.60. The minimum absolute atomic E-state index is 0.0498. The molecule has 1 aromatic carbocycles. The van der Waals surface area contributed by atoms with Crippen molar-refractivity contribution in [3.8, 4) is 11.5 Å². The summed E-state index contributed by atoms with van der Waals surface area (Å²) in [5.41, 5.74) is 7.37. The molecule has 0 saturated heterocycles. The maximum atomic E-state index is 9.30. The highest BCUT2D eigenvalue weighted by Crippen LogP contribution is 2.35. The molecule has 5 heteroatoms. The smallest absolute Gasteiger partial charge is 0.157 e. The van der Waals surface area contributed by atoms with Gasteiger partial charge in [-0.2, -0.15) is 0 Å². The predicted molar refractivity (Wildman–Crippen MR) is 54.1 cm³/mol. The molecule has 0 atom stereocenters. The van der Waals surface area contributed by atoms with E-state index in [4.69, 9.17) is 10.9 Å². The Morgan fingerprint density at radius 2 is 1.67 bits per heavy atom. The summed E-state index contributed by atoms with van der Waals surface area (Å²) < 4.78 is 0. The second-order valence-electron chi connectivity index (χ2n) is 3.74. The zero-order valence-corrected chi connectivity index (χ0v) is 8.01. The molecule has 1 aromatic rings. The molecule has 5 nitrogen and oxygen atoms in total. The minimum atomic E-state index is -0.131. The molecule has 0 bridgehead atoms. The number of oxime groups is 1. The van der Waals surface area contributed by atoms with Gasteiger partial charge < -0.3 is 21.2 Å². The summed E-state index contributed by atoms with van der Waals surface area (Å²) in [5.74, 6) is -0.126. The van der Waals surface area contributed by atoms with Crippen LogP contribution in [0.5, 0.6) is 11.5 Å². The van der Waals surface area contributed by atoms with E-state index >= 15 is 0 Å². The summed E-state index contributed by atoms with van der Waals surface area (Å²) >= 11 is 0. The van der Waals surface area contributed by atoms with E-state index in [1.165, 1.54) is 12.1 Å². The first-order chi connectivity index (χ1) is 7.11. The van der Waals surface area contributed by atoms with Crippen molar-refractivity contribution in [3.63, 3.8) is 0 Å². The van der Waals surface area contributed by atoms with Crippen molar-refractivity contribution >= 4 is 5.84 Å². The van der Waals surface area contributed by atoms with Gasteiger partial charge in [-0.05, 0) is 36.1 Å². The minimum Gasteiger partial charge on any atom is -0.504 e. The van der Waals surface area contributed by atoms with E-state index in [0.29, 0.717) is 12.8 Å². The molecule has 15 heavy (non-hydrogen) atoms. The molecule has 0 spiro atoms. The van der Waals surface area contributed by atoms with Gasteiger partial charge >= 0.3 is 0 Å². The Balaban J connectivity index is 2.32. The van der Waals surface area contributed by atoms with Crippen LogP contribution in [0.1, 0.15) is 11.1 Å². The van der Waals surface area contributed by atoms with Gasteiger partial charge in [0.15, 0.2) is 11.5 Å². The first-order valence-corrected chi connectivity index (χ1v) is 4.63. The lowest BCUT2D eigenvalue weighted by Gasteiger charge is -2.04. The highest BCUT2D eigenvalue weighted by Gasteiger charge is 2.26. The fraction of sp³-hybridized carbons (Fsp3) is 0.300. The lowest BCUT2D eigenvalue weighted by Crippen LogP contribution is -2.23. The molecule has 80 valence electrons. The van der Waals surface area contributed by atoms with Gasteiger partial charge in [-0.1, -0.05) is 5.16 Å². The second-order valence-corrected chi connectivity index (χ2v) is 3.74. The number of amidine groups is 1. The number of fused-ring (bicyclic) bond motifs is 1. The SMILES string of the molecule is NC(=NO)C1Cc2cc(O)c(O)cc2C1. The quantitative estimate of drug-likeness (QED) is 0.178. The summed E-state index contributed by atoms with van der Waals surface area (Å²) in [6.45, 7) is 0. The Kier molecular flexibility index (Phi) is 2.15. The number of rotatable bonds is 1. The maximum Gasteiger partial charge on any atom is 0.157 e. The lowest BCUT2D eigenvalue weighted by atomic mass is 10.1. The zero-order valence-electron chi connectivity index (χ0n) is 8.01. The normalized spacial score (nSPS) is 16.7. The molecule has 0 unspecified atom stereocenters. The standard InChI is InChI=1S/C10H12N2O3/c11-10(12-15)7-1-5-3-8(13)9(14)4-6(5)2-7/h3-4,7,13-15H,1-2H2,(H2,11,12). The summed E-state index contributed by atoms with van der Waals surface area (Å²) in [5, 5.41) is 30.1. The number of hydrogen-bond donors (Lipinski definition) is 4. The van der Waals surface area contributed by atoms with Crippen molar-refractivity contribution in [2.24, 2.45) is 16.8 Å². The molecule has 0 aromatic heterocycles. The predicted octanol–water partition coefficient (Wildman–Crippen LogP) is 0.559. The number of hydrogen-bond acceptors (Lipinski definition) is 4. The third kappa shape index (κ3) is 1.56. The molecule has 0 amide bonds. The molecule has 0 heterocycles. The third-order valence-electron chi connectivity index (χ3n) is 2.76. The molecule has 0 saturated carbocycles. The van der Waals surface area contributed by atoms with E-state index < -0.39 is 0 Å². The van der Waals surface area contributed by atoms with Crippen molar-refractivity contribution in [1.82, 2.24) is 0 Å². The van der Waals surface area contributed by atoms with Crippen LogP contribution in [0.3, 0.4) is 0 Å². The molecule has 0 fully saturated rings. The highest BCUT2D eigenvalue weighted by atomic mass is 16.4. The van der Waals surface area contributed by atoms with Crippen LogP contribution in [0.15, 0.2) is 17.3 Å². The molecular weight excluding hydrogens is 196 g/mol. The van der Waals surface area contributed by atoms with Gasteiger partial charge in [-0.25, -0.2) is 0 Å². The van der Waals surface area contributed by atoms with Crippen LogP contribution >= 0.6 is 0 Å². The van der Waals surface area contributed by atoms with Gasteiger partial charge in [0, 0.05) is 5.92 Å². The van der Waals surface area contributed by atoms with Gasteiger partial charge in [0.25, 0.3) is 0 Å². The van der Waals surface area contributed by atoms with Crippen LogP contribution in [-0.2, 0) is 12.8 Å². The Morgan fingerprint density at radius 1 is 1.20 bits per heavy atom. The fourth-order valence-electron chi connectivity index (χ4n) is 1.94. The fourth-order valence-corrected chi connectivity index (χ4v) is 1.94. The van der Waals surface area contributed by atoms with E-state index in [1.807, 2.05) is 0 Å². The van der Waals surface area contributed by atoms with Gasteiger partial charge in [-0.3, -0.25) is 0 Å². The van der Waals surface area contributed by atoms with E-state index in [-0.39, 0.29) is 23.3 Å². The third-order valence-corrected chi connectivity index (χ3v) is 2.76. The molecule has 1 aliphatic rings. The second kappa shape index (κ2) is 3.34. The summed E-state index contributed by atoms with van der Waals surface area (Å²) in [6, 6.07) is 3.05. The molecule has 0 radical (unpaired) electrons. The number of nitrogens with two attached hydrogens (primary N) is 1. The number of nitrogens with zero attached hydrogens (tertiary/aromatic N) is 1. The van der Waals surface area contributed by atoms with Crippen molar-refractivity contribution in [2.45, 2.75) is 12.8 Å². The average molecular weight is 208 g/mol. The largest absolute Gasteiger partial charge is 0.504 e. The van der Waals surface area contributed by atoms with E-state index in [1.54, 1.807) is 0 Å². The summed E-state index contributed by atoms with van der Waals surface area (Å²) in [4.78, 5) is 0. The van der Waals surface area contributed by atoms with Crippen LogP contribution in [0.4, 0.5) is 0 Å². The Bertz CT molecular complexity index is 398. The van der Waals surface area contributed by atoms with Crippen LogP contribution in [0.2, 0.25) is 0 Å². The van der Waals surface area contributed by atoms with Crippen LogP contribution in [0, 0.1) is 5.92 Å². The molecular formula is C10H12N2O3. The van der Waals surface area contributed by atoms with E-state index in [9.17, 15) is 10.2 Å². The Morgan fingerprint density at radius 3 is 2.07 bits per heavy atom. The van der Waals surface area contributed by atoms with Gasteiger partial charge in [0.2, 0.25) is 0 Å². The molecule has 1 aliphatic carbocycles. The van der Waals surface area contributed by atoms with Crippen LogP contribution in [-0.4, -0.2) is 21.3 Å². The van der Waals surface area contributed by atoms with Crippen molar-refractivity contribution in [2.75, 3.05) is 0 Å². The first-order valence-electron chi connectivity index (χ1n) is 4.63. The van der Waals surface area contributed by atoms with Crippen molar-refractivity contribution in [3.05, 3.63) is 23.3 Å². The molecule has 0 aliphatic heterocycles. The first kappa shape index (κ1) is 9.64. The topological polar surface area (TPSA) is 99.1 Å². The highest BCUT2D eigenvalue weighted by molar-refractivity contribution is 5.83. The van der Waals surface area contributed by atoms with Gasteiger partial charge in [0.1, 0.15) is 5.84 Å². The lowest BCUT2D eigenvalue weighted by molar-refractivity contribution is 0.314. The number of benzene rings is 1. The van der Waals surface area contributed by atoms with Crippen molar-refractivity contribution in [1.29, 1.82) is 0 Å². The summed E-state index contributed by atoms with van der Waals surface area (Å²) in [6.07, 6.45) is 1.25. The van der Waals surface area contributed by atoms with Crippen LogP contribution < -0.4 is 5.73 Å². The Labute approximate surface area is 86.5 Å². The molecule has 5 N–H and O–H groups in total.